The molecular formula is C28H27N3O5. The number of ether oxygens (including phenoxy) is 1. The lowest BCUT2D eigenvalue weighted by molar-refractivity contribution is -0.137. The fraction of sp³-hybridized carbons (Fsp3) is 0.179. The molecule has 2 N–H and O–H groups in total. The normalized spacial score (nSPS) is 10.7. The number of carbonyl (C=O) groups excluding carboxylic acids is 2. The lowest BCUT2D eigenvalue weighted by atomic mass is 10.1. The second kappa shape index (κ2) is 10.8. The average molecular weight is 486 g/mol. The Bertz CT molecular complexity index is 1420. The number of carboxylic acids is 1. The third kappa shape index (κ3) is 5.55. The summed E-state index contributed by atoms with van der Waals surface area (Å²) >= 11 is 0. The molecule has 1 heterocycles. The highest BCUT2D eigenvalue weighted by atomic mass is 16.5. The summed E-state index contributed by atoms with van der Waals surface area (Å²) in [6.07, 6.45) is 2.08. The number of benzene rings is 3. The van der Waals surface area contributed by atoms with Crippen molar-refractivity contribution in [2.24, 2.45) is 0 Å². The minimum atomic E-state index is -0.881. The van der Waals surface area contributed by atoms with Gasteiger partial charge in [-0.25, -0.2) is 0 Å². The van der Waals surface area contributed by atoms with Crippen LogP contribution in [0.3, 0.4) is 0 Å². The first-order valence-corrected chi connectivity index (χ1v) is 11.5. The van der Waals surface area contributed by atoms with E-state index in [1.165, 1.54) is 0 Å². The summed E-state index contributed by atoms with van der Waals surface area (Å²) in [7, 11) is 3.84. The van der Waals surface area contributed by atoms with Gasteiger partial charge < -0.3 is 20.1 Å². The number of anilines is 2. The van der Waals surface area contributed by atoms with Crippen molar-refractivity contribution in [1.82, 2.24) is 4.57 Å². The van der Waals surface area contributed by atoms with E-state index in [2.05, 4.69) is 5.32 Å². The topological polar surface area (TPSA) is 101 Å². The van der Waals surface area contributed by atoms with Gasteiger partial charge in [0.15, 0.2) is 0 Å². The van der Waals surface area contributed by atoms with Gasteiger partial charge in [0.05, 0.1) is 17.8 Å². The SMILES string of the molecule is CN(C)c1cccc(C(=O)n2ccc3cc(C(=O)Nc4ccccc4OCCCC(=O)O)ccc32)c1. The fourth-order valence-corrected chi connectivity index (χ4v) is 3.81. The van der Waals surface area contributed by atoms with Gasteiger partial charge in [0, 0.05) is 48.9 Å². The van der Waals surface area contributed by atoms with Gasteiger partial charge >= 0.3 is 5.97 Å². The van der Waals surface area contributed by atoms with Crippen LogP contribution in [0, 0.1) is 0 Å². The van der Waals surface area contributed by atoms with Gasteiger partial charge in [0.2, 0.25) is 0 Å². The Kier molecular flexibility index (Phi) is 7.34. The summed E-state index contributed by atoms with van der Waals surface area (Å²) in [5, 5.41) is 12.4. The molecule has 4 aromatic rings. The largest absolute Gasteiger partial charge is 0.491 e. The zero-order chi connectivity index (χ0) is 25.7. The molecule has 8 nitrogen and oxygen atoms in total. The van der Waals surface area contributed by atoms with Crippen LogP contribution in [0.1, 0.15) is 33.6 Å². The number of hydrogen-bond donors (Lipinski definition) is 2. The molecule has 4 rings (SSSR count). The van der Waals surface area contributed by atoms with Gasteiger partial charge in [0.25, 0.3) is 11.8 Å². The van der Waals surface area contributed by atoms with Crippen molar-refractivity contribution < 1.29 is 24.2 Å². The molecule has 36 heavy (non-hydrogen) atoms. The fourth-order valence-electron chi connectivity index (χ4n) is 3.81. The summed E-state index contributed by atoms with van der Waals surface area (Å²) in [6, 6.07) is 21.4. The first-order chi connectivity index (χ1) is 17.3. The number of carboxylic acid groups (broad SMARTS) is 1. The van der Waals surface area contributed by atoms with Crippen LogP contribution in [0.2, 0.25) is 0 Å². The van der Waals surface area contributed by atoms with Crippen molar-refractivity contribution in [2.75, 3.05) is 30.9 Å². The van der Waals surface area contributed by atoms with E-state index in [4.69, 9.17) is 9.84 Å². The maximum atomic E-state index is 13.2. The second-order valence-corrected chi connectivity index (χ2v) is 8.51. The molecule has 0 aliphatic carbocycles. The molecule has 0 radical (unpaired) electrons. The van der Waals surface area contributed by atoms with Crippen LogP contribution in [-0.2, 0) is 4.79 Å². The molecule has 0 saturated heterocycles. The van der Waals surface area contributed by atoms with E-state index in [-0.39, 0.29) is 24.8 Å². The maximum Gasteiger partial charge on any atom is 0.303 e. The quantitative estimate of drug-likeness (QED) is 0.327. The summed E-state index contributed by atoms with van der Waals surface area (Å²) in [6.45, 7) is 0.226. The Hall–Kier alpha value is -4.59. The first kappa shape index (κ1) is 24.5. The monoisotopic (exact) mass is 485 g/mol. The lowest BCUT2D eigenvalue weighted by Crippen LogP contribution is -2.14. The number of nitrogens with one attached hydrogen (secondary N) is 1. The van der Waals surface area contributed by atoms with E-state index in [0.717, 1.165) is 11.1 Å². The summed E-state index contributed by atoms with van der Waals surface area (Å²) in [5.74, 6) is -0.890. The van der Waals surface area contributed by atoms with E-state index < -0.39 is 5.97 Å². The Morgan fingerprint density at radius 3 is 2.53 bits per heavy atom. The molecule has 0 aliphatic heterocycles. The van der Waals surface area contributed by atoms with Crippen molar-refractivity contribution in [2.45, 2.75) is 12.8 Å². The van der Waals surface area contributed by atoms with Crippen LogP contribution in [0.4, 0.5) is 11.4 Å². The molecule has 3 aromatic carbocycles. The molecule has 184 valence electrons. The van der Waals surface area contributed by atoms with Gasteiger partial charge in [-0.2, -0.15) is 0 Å². The summed E-state index contributed by atoms with van der Waals surface area (Å²) in [4.78, 5) is 38.8. The zero-order valence-corrected chi connectivity index (χ0v) is 20.1. The third-order valence-electron chi connectivity index (χ3n) is 5.71. The summed E-state index contributed by atoms with van der Waals surface area (Å²) < 4.78 is 7.24. The number of aliphatic carboxylic acids is 1. The van der Waals surface area contributed by atoms with Gasteiger partial charge in [-0.15, -0.1) is 0 Å². The Morgan fingerprint density at radius 2 is 1.75 bits per heavy atom. The van der Waals surface area contributed by atoms with Crippen molar-refractivity contribution in [3.05, 3.63) is 90.1 Å². The molecule has 1 aromatic heterocycles. The Labute approximate surface area is 208 Å². The standard InChI is InChI=1S/C28H27N3O5/c1-30(2)22-8-5-7-21(18-22)28(35)31-15-14-19-17-20(12-13-24(19)31)27(34)29-23-9-3-4-10-25(23)36-16-6-11-26(32)33/h3-5,7-10,12-15,17-18H,6,11,16H2,1-2H3,(H,29,34)(H,32,33). The van der Waals surface area contributed by atoms with E-state index in [0.29, 0.717) is 34.5 Å². The molecule has 0 atom stereocenters. The predicted molar refractivity (Wildman–Crippen MR) is 139 cm³/mol. The van der Waals surface area contributed by atoms with Crippen molar-refractivity contribution in [3.63, 3.8) is 0 Å². The number of aromatic nitrogens is 1. The molecule has 0 aliphatic rings. The van der Waals surface area contributed by atoms with E-state index in [1.807, 2.05) is 37.2 Å². The Balaban J connectivity index is 1.51. The van der Waals surface area contributed by atoms with E-state index in [9.17, 15) is 14.4 Å². The van der Waals surface area contributed by atoms with E-state index >= 15 is 0 Å². The maximum absolute atomic E-state index is 13.2. The molecule has 0 spiro atoms. The number of para-hydroxylation sites is 2. The average Bonchev–Trinajstić information content (AvgIpc) is 3.30. The number of fused-ring (bicyclic) bond motifs is 1. The number of carbonyl (C=O) groups is 3. The minimum absolute atomic E-state index is 0.0117. The van der Waals surface area contributed by atoms with Crippen molar-refractivity contribution in [3.8, 4) is 5.75 Å². The van der Waals surface area contributed by atoms with Crippen molar-refractivity contribution in [1.29, 1.82) is 0 Å². The summed E-state index contributed by atoms with van der Waals surface area (Å²) in [5.41, 5.74) is 3.13. The smallest absolute Gasteiger partial charge is 0.303 e. The van der Waals surface area contributed by atoms with Gasteiger partial charge in [-0.05, 0) is 61.0 Å². The van der Waals surface area contributed by atoms with Crippen LogP contribution in [0.25, 0.3) is 10.9 Å². The van der Waals surface area contributed by atoms with Crippen molar-refractivity contribution >= 4 is 40.1 Å². The molecule has 0 saturated carbocycles. The lowest BCUT2D eigenvalue weighted by Gasteiger charge is -2.13. The molecule has 0 bridgehead atoms. The molecule has 0 fully saturated rings. The zero-order valence-electron chi connectivity index (χ0n) is 20.1. The van der Waals surface area contributed by atoms with Crippen LogP contribution < -0.4 is 15.0 Å². The highest BCUT2D eigenvalue weighted by molar-refractivity contribution is 6.08. The molecule has 1 amide bonds. The number of amides is 1. The van der Waals surface area contributed by atoms with E-state index in [1.54, 1.807) is 65.4 Å². The van der Waals surface area contributed by atoms with Crippen LogP contribution in [0.15, 0.2) is 79.0 Å². The molecular weight excluding hydrogens is 458 g/mol. The van der Waals surface area contributed by atoms with Gasteiger partial charge in [-0.1, -0.05) is 18.2 Å². The van der Waals surface area contributed by atoms with Gasteiger partial charge in [-0.3, -0.25) is 19.0 Å². The molecule has 0 unspecified atom stereocenters. The van der Waals surface area contributed by atoms with Crippen LogP contribution in [-0.4, -0.2) is 48.2 Å². The number of hydrogen-bond acceptors (Lipinski definition) is 5. The Morgan fingerprint density at radius 1 is 0.944 bits per heavy atom. The predicted octanol–water partition coefficient (Wildman–Crippen LogP) is 4.89. The highest BCUT2D eigenvalue weighted by Gasteiger charge is 2.15. The van der Waals surface area contributed by atoms with Gasteiger partial charge in [0.1, 0.15) is 5.75 Å². The minimum Gasteiger partial charge on any atom is -0.491 e. The van der Waals surface area contributed by atoms with Crippen LogP contribution >= 0.6 is 0 Å². The number of nitrogens with zero attached hydrogens (tertiary/aromatic N) is 2. The third-order valence-corrected chi connectivity index (χ3v) is 5.71. The molecule has 8 heteroatoms. The number of rotatable bonds is 9. The second-order valence-electron chi connectivity index (χ2n) is 8.51. The first-order valence-electron chi connectivity index (χ1n) is 11.5. The van der Waals surface area contributed by atoms with Crippen LogP contribution in [0.5, 0.6) is 5.75 Å². The highest BCUT2D eigenvalue weighted by Crippen LogP contribution is 2.26.